The van der Waals surface area contributed by atoms with Crippen molar-refractivity contribution in [2.75, 3.05) is 0 Å². The second kappa shape index (κ2) is 7.71. The summed E-state index contributed by atoms with van der Waals surface area (Å²) in [6.07, 6.45) is 0.231. The van der Waals surface area contributed by atoms with Crippen molar-refractivity contribution < 1.29 is 0 Å². The van der Waals surface area contributed by atoms with Crippen LogP contribution in [0.3, 0.4) is 0 Å². The molecular formula is C16H12Cl2N6O3S. The zero-order chi connectivity index (χ0) is 20.6. The molecule has 0 saturated heterocycles. The molecule has 0 saturated carbocycles. The van der Waals surface area contributed by atoms with Crippen LogP contribution in [-0.2, 0) is 6.42 Å². The molecule has 9 nitrogen and oxygen atoms in total. The van der Waals surface area contributed by atoms with Crippen molar-refractivity contribution in [1.29, 1.82) is 5.26 Å². The Labute approximate surface area is 171 Å². The fourth-order valence-corrected chi connectivity index (χ4v) is 3.91. The second-order valence-electron chi connectivity index (χ2n) is 6.00. The third-order valence-corrected chi connectivity index (χ3v) is 5.23. The van der Waals surface area contributed by atoms with Gasteiger partial charge in [-0.3, -0.25) is 14.6 Å². The number of hydrogen-bond acceptors (Lipinski definition) is 7. The number of halogens is 2. The summed E-state index contributed by atoms with van der Waals surface area (Å²) in [6, 6.07) is 4.39. The van der Waals surface area contributed by atoms with Crippen LogP contribution in [0.4, 0.5) is 0 Å². The number of nitrogens with one attached hydrogen (secondary N) is 1. The summed E-state index contributed by atoms with van der Waals surface area (Å²) in [6.45, 7) is 3.70. The topological polar surface area (TPSA) is 126 Å². The van der Waals surface area contributed by atoms with Crippen molar-refractivity contribution >= 4 is 34.5 Å². The van der Waals surface area contributed by atoms with Crippen LogP contribution in [0.2, 0.25) is 10.0 Å². The largest absolute Gasteiger partial charge is 0.349 e. The van der Waals surface area contributed by atoms with Gasteiger partial charge in [-0.2, -0.15) is 15.0 Å². The van der Waals surface area contributed by atoms with Crippen molar-refractivity contribution in [3.63, 3.8) is 0 Å². The monoisotopic (exact) mass is 438 g/mol. The summed E-state index contributed by atoms with van der Waals surface area (Å²) < 4.78 is 2.21. The normalized spacial score (nSPS) is 11.0. The molecule has 0 fully saturated rings. The van der Waals surface area contributed by atoms with Crippen LogP contribution in [0.1, 0.15) is 36.2 Å². The van der Waals surface area contributed by atoms with Crippen LogP contribution in [0, 0.1) is 11.3 Å². The molecule has 1 N–H and O–H groups in total. The minimum Gasteiger partial charge on any atom is -0.270 e. The number of nitrogens with zero attached hydrogens (tertiary/aromatic N) is 5. The molecule has 0 aliphatic heterocycles. The predicted molar refractivity (Wildman–Crippen MR) is 105 cm³/mol. The summed E-state index contributed by atoms with van der Waals surface area (Å²) in [4.78, 5) is 37.3. The lowest BCUT2D eigenvalue weighted by Crippen LogP contribution is -2.33. The van der Waals surface area contributed by atoms with Crippen LogP contribution in [0.25, 0.3) is 5.69 Å². The first-order valence-corrected chi connectivity index (χ1v) is 9.49. The van der Waals surface area contributed by atoms with Gasteiger partial charge in [0.2, 0.25) is 5.69 Å². The minimum absolute atomic E-state index is 0.0710. The Bertz CT molecular complexity index is 1260. The van der Waals surface area contributed by atoms with Gasteiger partial charge >= 0.3 is 10.6 Å². The smallest absolute Gasteiger partial charge is 0.270 e. The van der Waals surface area contributed by atoms with E-state index in [0.29, 0.717) is 10.6 Å². The Kier molecular flexibility index (Phi) is 5.51. The number of hydrogen-bond donors (Lipinski definition) is 1. The molecule has 0 radical (unpaired) electrons. The molecule has 3 rings (SSSR count). The van der Waals surface area contributed by atoms with Crippen molar-refractivity contribution in [1.82, 2.24) is 24.5 Å². The van der Waals surface area contributed by atoms with Gasteiger partial charge in [-0.1, -0.05) is 34.5 Å². The van der Waals surface area contributed by atoms with Gasteiger partial charge < -0.3 is 0 Å². The molecule has 12 heteroatoms. The summed E-state index contributed by atoms with van der Waals surface area (Å²) in [7, 11) is 0. The van der Waals surface area contributed by atoms with E-state index in [1.807, 2.05) is 18.8 Å². The lowest BCUT2D eigenvalue weighted by Gasteiger charge is -2.10. The first-order valence-electron chi connectivity index (χ1n) is 7.91. The van der Waals surface area contributed by atoms with Crippen LogP contribution >= 0.6 is 34.5 Å². The van der Waals surface area contributed by atoms with E-state index in [9.17, 15) is 14.4 Å². The van der Waals surface area contributed by atoms with E-state index >= 15 is 0 Å². The highest BCUT2D eigenvalue weighted by atomic mass is 35.5. The van der Waals surface area contributed by atoms with Crippen molar-refractivity contribution in [2.45, 2.75) is 26.3 Å². The van der Waals surface area contributed by atoms with E-state index < -0.39 is 16.9 Å². The van der Waals surface area contributed by atoms with Gasteiger partial charge in [0.1, 0.15) is 11.1 Å². The molecule has 0 bridgehead atoms. The van der Waals surface area contributed by atoms with Crippen LogP contribution < -0.4 is 16.1 Å². The number of aromatic amines is 1. The number of H-pyrrole nitrogens is 1. The molecule has 1 aromatic carbocycles. The first kappa shape index (κ1) is 20.0. The van der Waals surface area contributed by atoms with E-state index in [-0.39, 0.29) is 33.1 Å². The Morgan fingerprint density at radius 2 is 1.86 bits per heavy atom. The lowest BCUT2D eigenvalue weighted by atomic mass is 10.1. The summed E-state index contributed by atoms with van der Waals surface area (Å²) in [5, 5.41) is 17.9. The predicted octanol–water partition coefficient (Wildman–Crippen LogP) is 1.89. The maximum atomic E-state index is 12.0. The van der Waals surface area contributed by atoms with Crippen molar-refractivity contribution in [2.24, 2.45) is 0 Å². The van der Waals surface area contributed by atoms with Crippen molar-refractivity contribution in [3.8, 4) is 11.8 Å². The third-order valence-electron chi connectivity index (χ3n) is 3.73. The molecule has 2 aromatic heterocycles. The van der Waals surface area contributed by atoms with Gasteiger partial charge in [0.25, 0.3) is 5.56 Å². The van der Waals surface area contributed by atoms with E-state index in [1.165, 1.54) is 16.8 Å². The van der Waals surface area contributed by atoms with E-state index in [2.05, 4.69) is 10.2 Å². The zero-order valence-electron chi connectivity index (χ0n) is 14.6. The fraction of sp³-hybridized carbons (Fsp3) is 0.250. The molecule has 144 valence electrons. The standard InChI is InChI=1S/C16H12Cl2N6O3S/c1-7(2)23-16(27)28-13(22-23)5-9-10(17)3-8(4-11(9)18)24-15(26)20-14(25)12(6-19)21-24/h3-4,7H,5H2,1-2H3,(H,20,25,26). The summed E-state index contributed by atoms with van der Waals surface area (Å²) in [5.74, 6) is 0. The van der Waals surface area contributed by atoms with Crippen LogP contribution in [-0.4, -0.2) is 24.5 Å². The SMILES string of the molecule is CC(C)n1nc(Cc2c(Cl)cc(-n3nc(C#N)c(=O)[nH]c3=O)cc2Cl)sc1=O. The molecule has 28 heavy (non-hydrogen) atoms. The minimum atomic E-state index is -0.881. The van der Waals surface area contributed by atoms with E-state index in [0.717, 1.165) is 16.0 Å². The number of nitriles is 1. The van der Waals surface area contributed by atoms with Gasteiger partial charge in [-0.25, -0.2) is 9.48 Å². The molecular weight excluding hydrogens is 427 g/mol. The highest BCUT2D eigenvalue weighted by molar-refractivity contribution is 7.08. The Balaban J connectivity index is 2.04. The highest BCUT2D eigenvalue weighted by Gasteiger charge is 2.16. The Hall–Kier alpha value is -2.74. The molecule has 0 unspecified atom stereocenters. The molecule has 2 heterocycles. The zero-order valence-corrected chi connectivity index (χ0v) is 16.9. The number of aromatic nitrogens is 5. The quantitative estimate of drug-likeness (QED) is 0.662. The summed E-state index contributed by atoms with van der Waals surface area (Å²) in [5.41, 5.74) is -1.49. The van der Waals surface area contributed by atoms with Crippen molar-refractivity contribution in [3.05, 3.63) is 68.9 Å². The maximum Gasteiger partial charge on any atom is 0.349 e. The van der Waals surface area contributed by atoms with E-state index in [1.54, 1.807) is 6.07 Å². The fourth-order valence-electron chi connectivity index (χ4n) is 2.41. The molecule has 0 aliphatic carbocycles. The molecule has 0 amide bonds. The van der Waals surface area contributed by atoms with Crippen LogP contribution in [0.15, 0.2) is 26.5 Å². The average Bonchev–Trinajstić information content (AvgIpc) is 2.99. The second-order valence-corrected chi connectivity index (χ2v) is 7.84. The third kappa shape index (κ3) is 3.77. The van der Waals surface area contributed by atoms with E-state index in [4.69, 9.17) is 28.5 Å². The van der Waals surface area contributed by atoms with Gasteiger partial charge in [0, 0.05) is 16.5 Å². The van der Waals surface area contributed by atoms with Crippen LogP contribution in [0.5, 0.6) is 0 Å². The summed E-state index contributed by atoms with van der Waals surface area (Å²) >= 11 is 13.7. The molecule has 3 aromatic rings. The average molecular weight is 439 g/mol. The van der Waals surface area contributed by atoms with Gasteiger partial charge in [0.05, 0.1) is 11.7 Å². The molecule has 0 spiro atoms. The molecule has 0 aliphatic rings. The van der Waals surface area contributed by atoms with Gasteiger partial charge in [-0.05, 0) is 31.5 Å². The highest BCUT2D eigenvalue weighted by Crippen LogP contribution is 2.30. The maximum absolute atomic E-state index is 12.0. The van der Waals surface area contributed by atoms with Gasteiger partial charge in [-0.15, -0.1) is 5.10 Å². The van der Waals surface area contributed by atoms with Gasteiger partial charge in [0.15, 0.2) is 0 Å². The number of benzene rings is 1. The Morgan fingerprint density at radius 3 is 2.39 bits per heavy atom. The lowest BCUT2D eigenvalue weighted by molar-refractivity contribution is 0.514. The molecule has 0 atom stereocenters. The Morgan fingerprint density at radius 1 is 1.21 bits per heavy atom. The number of rotatable bonds is 4. The first-order chi connectivity index (χ1) is 13.2.